The number of halogens is 1. The van der Waals surface area contributed by atoms with Crippen molar-refractivity contribution in [3.8, 4) is 28.8 Å². The lowest BCUT2D eigenvalue weighted by Crippen LogP contribution is -2.24. The normalized spacial score (nSPS) is 10.4. The molecule has 0 aliphatic heterocycles. The zero-order valence-electron chi connectivity index (χ0n) is 16.7. The third kappa shape index (κ3) is 4.52. The van der Waals surface area contributed by atoms with Crippen LogP contribution < -0.4 is 10.1 Å². The number of fused-ring (bicyclic) bond motifs is 1. The molecular weight excluding hydrogens is 414 g/mol. The number of hydrogen-bond acceptors (Lipinski definition) is 5. The Morgan fingerprint density at radius 1 is 1.13 bits per heavy atom. The number of amides is 1. The third-order valence-corrected chi connectivity index (χ3v) is 4.91. The van der Waals surface area contributed by atoms with Gasteiger partial charge < -0.3 is 14.6 Å². The van der Waals surface area contributed by atoms with Crippen LogP contribution in [0.15, 0.2) is 65.3 Å². The summed E-state index contributed by atoms with van der Waals surface area (Å²) in [6.07, 6.45) is 1.72. The molecule has 0 unspecified atom stereocenters. The maximum atomic E-state index is 12.7. The van der Waals surface area contributed by atoms with Crippen molar-refractivity contribution in [3.05, 3.63) is 77.1 Å². The predicted molar refractivity (Wildman–Crippen MR) is 119 cm³/mol. The Balaban J connectivity index is 1.37. The average Bonchev–Trinajstić information content (AvgIpc) is 3.17. The van der Waals surface area contributed by atoms with Crippen LogP contribution >= 0.6 is 11.6 Å². The number of pyridine rings is 1. The van der Waals surface area contributed by atoms with E-state index in [0.29, 0.717) is 33.4 Å². The van der Waals surface area contributed by atoms with Crippen LogP contribution in [0, 0.1) is 18.8 Å². The molecule has 31 heavy (non-hydrogen) atoms. The van der Waals surface area contributed by atoms with Crippen molar-refractivity contribution in [1.82, 2.24) is 15.5 Å². The van der Waals surface area contributed by atoms with Crippen molar-refractivity contribution in [3.63, 3.8) is 0 Å². The van der Waals surface area contributed by atoms with E-state index < -0.39 is 0 Å². The second-order valence-electron chi connectivity index (χ2n) is 6.60. The third-order valence-electron chi connectivity index (χ3n) is 4.58. The molecule has 0 atom stereocenters. The molecule has 4 aromatic rings. The molecule has 1 N–H and O–H groups in total. The number of aryl methyl sites for hydroxylation is 1. The number of carbonyl (C=O) groups is 1. The Morgan fingerprint density at radius 2 is 1.97 bits per heavy atom. The second kappa shape index (κ2) is 9.33. The highest BCUT2D eigenvalue weighted by molar-refractivity contribution is 6.33. The van der Waals surface area contributed by atoms with Gasteiger partial charge >= 0.3 is 0 Å². The van der Waals surface area contributed by atoms with Gasteiger partial charge in [0.2, 0.25) is 0 Å². The van der Waals surface area contributed by atoms with Crippen LogP contribution in [0.5, 0.6) is 5.75 Å². The quantitative estimate of drug-likeness (QED) is 0.465. The fraction of sp³-hybridized carbons (Fsp3) is 0.125. The number of rotatable bonds is 5. The summed E-state index contributed by atoms with van der Waals surface area (Å²) in [6.45, 7) is 2.02. The van der Waals surface area contributed by atoms with Crippen LogP contribution in [0.4, 0.5) is 0 Å². The number of ether oxygens (including phenoxy) is 1. The van der Waals surface area contributed by atoms with Crippen molar-refractivity contribution in [1.29, 1.82) is 0 Å². The van der Waals surface area contributed by atoms with Crippen molar-refractivity contribution >= 4 is 28.4 Å². The molecule has 0 saturated heterocycles. The van der Waals surface area contributed by atoms with Gasteiger partial charge in [-0.2, -0.15) is 0 Å². The topological polar surface area (TPSA) is 77.2 Å². The number of nitrogens with zero attached hydrogens (tertiary/aromatic N) is 2. The summed E-state index contributed by atoms with van der Waals surface area (Å²) in [6, 6.07) is 16.7. The predicted octanol–water partition coefficient (Wildman–Crippen LogP) is 4.66. The van der Waals surface area contributed by atoms with Crippen LogP contribution in [-0.4, -0.2) is 29.2 Å². The number of benzene rings is 2. The SMILES string of the molecule is Cc1onc(-c2ccccc2Cl)c1C(=O)NCC#CCOc1cccc2cccnc12. The summed E-state index contributed by atoms with van der Waals surface area (Å²) in [5.41, 5.74) is 2.16. The van der Waals surface area contributed by atoms with Gasteiger partial charge in [-0.1, -0.05) is 65.0 Å². The van der Waals surface area contributed by atoms with E-state index in [1.807, 2.05) is 42.5 Å². The van der Waals surface area contributed by atoms with E-state index in [9.17, 15) is 4.79 Å². The van der Waals surface area contributed by atoms with Crippen molar-refractivity contribution < 1.29 is 14.1 Å². The molecule has 154 valence electrons. The molecule has 2 aromatic heterocycles. The summed E-state index contributed by atoms with van der Waals surface area (Å²) in [5.74, 6) is 6.52. The molecule has 6 nitrogen and oxygen atoms in total. The lowest BCUT2D eigenvalue weighted by atomic mass is 10.1. The smallest absolute Gasteiger partial charge is 0.257 e. The van der Waals surface area contributed by atoms with Gasteiger partial charge in [0.05, 0.1) is 11.6 Å². The lowest BCUT2D eigenvalue weighted by molar-refractivity contribution is 0.0957. The van der Waals surface area contributed by atoms with Gasteiger partial charge in [0.1, 0.15) is 34.9 Å². The molecular formula is C24H18ClN3O3. The van der Waals surface area contributed by atoms with E-state index in [1.165, 1.54) is 0 Å². The molecule has 0 saturated carbocycles. The first-order valence-electron chi connectivity index (χ1n) is 9.57. The zero-order valence-corrected chi connectivity index (χ0v) is 17.4. The Kier molecular flexibility index (Phi) is 6.16. The number of aromatic nitrogens is 2. The summed E-state index contributed by atoms with van der Waals surface area (Å²) < 4.78 is 10.9. The zero-order chi connectivity index (χ0) is 21.6. The summed E-state index contributed by atoms with van der Waals surface area (Å²) in [4.78, 5) is 17.0. The summed E-state index contributed by atoms with van der Waals surface area (Å²) >= 11 is 6.24. The largest absolute Gasteiger partial charge is 0.479 e. The van der Waals surface area contributed by atoms with Crippen LogP contribution in [0.2, 0.25) is 5.02 Å². The Morgan fingerprint density at radius 3 is 2.84 bits per heavy atom. The molecule has 0 fully saturated rings. The van der Waals surface area contributed by atoms with Crippen molar-refractivity contribution in [2.45, 2.75) is 6.92 Å². The first-order chi connectivity index (χ1) is 15.1. The fourth-order valence-corrected chi connectivity index (χ4v) is 3.33. The molecule has 2 aromatic carbocycles. The van der Waals surface area contributed by atoms with E-state index in [0.717, 1.165) is 10.9 Å². The molecule has 0 aliphatic carbocycles. The Hall–Kier alpha value is -3.82. The maximum absolute atomic E-state index is 12.7. The Bertz CT molecular complexity index is 1300. The van der Waals surface area contributed by atoms with Gasteiger partial charge in [0, 0.05) is 17.1 Å². The molecule has 1 amide bonds. The molecule has 4 rings (SSSR count). The van der Waals surface area contributed by atoms with E-state index in [4.69, 9.17) is 20.9 Å². The van der Waals surface area contributed by atoms with Crippen molar-refractivity contribution in [2.75, 3.05) is 13.2 Å². The highest BCUT2D eigenvalue weighted by Crippen LogP contribution is 2.30. The van der Waals surface area contributed by atoms with Gasteiger partial charge in [0.25, 0.3) is 5.91 Å². The van der Waals surface area contributed by atoms with E-state index in [-0.39, 0.29) is 19.1 Å². The van der Waals surface area contributed by atoms with Gasteiger partial charge in [-0.05, 0) is 25.1 Å². The average molecular weight is 432 g/mol. The van der Waals surface area contributed by atoms with Gasteiger partial charge in [0.15, 0.2) is 0 Å². The minimum Gasteiger partial charge on any atom is -0.479 e. The molecule has 2 heterocycles. The summed E-state index contributed by atoms with van der Waals surface area (Å²) in [7, 11) is 0. The minimum absolute atomic E-state index is 0.155. The van der Waals surface area contributed by atoms with E-state index in [2.05, 4.69) is 27.3 Å². The van der Waals surface area contributed by atoms with Gasteiger partial charge in [-0.3, -0.25) is 9.78 Å². The van der Waals surface area contributed by atoms with Crippen LogP contribution in [-0.2, 0) is 0 Å². The van der Waals surface area contributed by atoms with E-state index >= 15 is 0 Å². The number of nitrogens with one attached hydrogen (secondary N) is 1. The first kappa shape index (κ1) is 20.5. The monoisotopic (exact) mass is 431 g/mol. The number of carbonyl (C=O) groups excluding carboxylic acids is 1. The highest BCUT2D eigenvalue weighted by atomic mass is 35.5. The second-order valence-corrected chi connectivity index (χ2v) is 7.01. The van der Waals surface area contributed by atoms with E-state index in [1.54, 1.807) is 25.3 Å². The van der Waals surface area contributed by atoms with Gasteiger partial charge in [-0.25, -0.2) is 0 Å². The minimum atomic E-state index is -0.331. The van der Waals surface area contributed by atoms with Gasteiger partial charge in [-0.15, -0.1) is 0 Å². The van der Waals surface area contributed by atoms with Crippen LogP contribution in [0.25, 0.3) is 22.2 Å². The lowest BCUT2D eigenvalue weighted by Gasteiger charge is -2.05. The molecule has 0 spiro atoms. The number of hydrogen-bond donors (Lipinski definition) is 1. The maximum Gasteiger partial charge on any atom is 0.257 e. The molecule has 0 bridgehead atoms. The highest BCUT2D eigenvalue weighted by Gasteiger charge is 2.22. The summed E-state index contributed by atoms with van der Waals surface area (Å²) in [5, 5.41) is 8.25. The van der Waals surface area contributed by atoms with Crippen LogP contribution in [0.3, 0.4) is 0 Å². The first-order valence-corrected chi connectivity index (χ1v) is 9.94. The Labute approximate surface area is 184 Å². The molecule has 0 radical (unpaired) electrons. The van der Waals surface area contributed by atoms with Crippen molar-refractivity contribution in [2.24, 2.45) is 0 Å². The van der Waals surface area contributed by atoms with Crippen LogP contribution in [0.1, 0.15) is 16.1 Å². The standard InChI is InChI=1S/C24H18ClN3O3/c1-16-21(23(28-31-16)18-10-2-3-11-19(18)25)24(29)27-13-4-5-15-30-20-12-6-8-17-9-7-14-26-22(17)20/h2-3,6-12,14H,13,15H2,1H3,(H,27,29). The fourth-order valence-electron chi connectivity index (χ4n) is 3.11. The molecule has 0 aliphatic rings. The number of para-hydroxylation sites is 1. The molecule has 7 heteroatoms.